The normalized spacial score (nSPS) is 11.1. The molecular weight excluding hydrogens is 498 g/mol. The quantitative estimate of drug-likeness (QED) is 0.257. The number of benzene rings is 2. The molecule has 0 saturated carbocycles. The average Bonchev–Trinajstić information content (AvgIpc) is 2.39. The zero-order valence-corrected chi connectivity index (χ0v) is 14.6. The molecule has 0 amide bonds. The summed E-state index contributed by atoms with van der Waals surface area (Å²) in [5, 5.41) is 0. The summed E-state index contributed by atoms with van der Waals surface area (Å²) in [7, 11) is 0. The van der Waals surface area contributed by atoms with Crippen LogP contribution in [0.1, 0.15) is 11.1 Å². The van der Waals surface area contributed by atoms with E-state index in [1.807, 2.05) is 0 Å². The Morgan fingerprint density at radius 2 is 1.40 bits per heavy atom. The van der Waals surface area contributed by atoms with Crippen LogP contribution in [0.15, 0.2) is 24.3 Å². The molecule has 0 aromatic heterocycles. The first-order valence-electron chi connectivity index (χ1n) is 5.56. The van der Waals surface area contributed by atoms with Crippen LogP contribution in [-0.2, 0) is 4.43 Å². The van der Waals surface area contributed by atoms with Crippen molar-refractivity contribution in [2.75, 3.05) is 0 Å². The SMILES string of the molecule is Cc1c(F)cc([I-]Cc2cc(F)c(I)c(F)c2)cc1F. The minimum absolute atomic E-state index is 0.0101. The van der Waals surface area contributed by atoms with Gasteiger partial charge in [-0.1, -0.05) is 0 Å². The van der Waals surface area contributed by atoms with E-state index in [1.165, 1.54) is 31.2 Å². The summed E-state index contributed by atoms with van der Waals surface area (Å²) in [5.74, 6) is -2.38. The number of hydrogen-bond donors (Lipinski definition) is 0. The summed E-state index contributed by atoms with van der Waals surface area (Å²) in [6.45, 7) is 1.37. The van der Waals surface area contributed by atoms with Crippen molar-refractivity contribution in [2.24, 2.45) is 0 Å². The number of rotatable bonds is 3. The van der Waals surface area contributed by atoms with E-state index in [-0.39, 0.29) is 9.13 Å². The van der Waals surface area contributed by atoms with Crippen LogP contribution in [0.25, 0.3) is 0 Å². The monoisotopic (exact) mass is 507 g/mol. The fourth-order valence-electron chi connectivity index (χ4n) is 1.53. The maximum atomic E-state index is 13.4. The van der Waals surface area contributed by atoms with E-state index >= 15 is 0 Å². The second-order valence-electron chi connectivity index (χ2n) is 4.14. The van der Waals surface area contributed by atoms with Gasteiger partial charge in [-0.25, -0.2) is 0 Å². The molecule has 0 atom stereocenters. The number of hydrogen-bond acceptors (Lipinski definition) is 0. The van der Waals surface area contributed by atoms with Gasteiger partial charge in [0.15, 0.2) is 0 Å². The van der Waals surface area contributed by atoms with Crippen LogP contribution in [-0.4, -0.2) is 0 Å². The van der Waals surface area contributed by atoms with Gasteiger partial charge in [0.25, 0.3) is 0 Å². The molecule has 0 aliphatic carbocycles. The Balaban J connectivity index is 2.17. The van der Waals surface area contributed by atoms with Gasteiger partial charge in [0.05, 0.1) is 0 Å². The molecule has 0 aliphatic heterocycles. The molecule has 2 aromatic carbocycles. The molecule has 0 bridgehead atoms. The molecule has 6 heteroatoms. The zero-order chi connectivity index (χ0) is 14.9. The molecule has 0 nitrogen and oxygen atoms in total. The first kappa shape index (κ1) is 16.0. The fraction of sp³-hybridized carbons (Fsp3) is 0.143. The molecule has 20 heavy (non-hydrogen) atoms. The topological polar surface area (TPSA) is 0 Å². The molecule has 0 N–H and O–H groups in total. The van der Waals surface area contributed by atoms with E-state index in [2.05, 4.69) is 0 Å². The Labute approximate surface area is 138 Å². The van der Waals surface area contributed by atoms with Crippen LogP contribution in [0.4, 0.5) is 17.6 Å². The second-order valence-corrected chi connectivity index (χ2v) is 7.99. The van der Waals surface area contributed by atoms with Gasteiger partial charge < -0.3 is 0 Å². The summed E-state index contributed by atoms with van der Waals surface area (Å²) in [5.41, 5.74) is 0.499. The van der Waals surface area contributed by atoms with E-state index in [1.54, 1.807) is 22.6 Å². The summed E-state index contributed by atoms with van der Waals surface area (Å²) in [6.07, 6.45) is 0. The van der Waals surface area contributed by atoms with Crippen molar-refractivity contribution in [1.82, 2.24) is 0 Å². The van der Waals surface area contributed by atoms with E-state index in [4.69, 9.17) is 0 Å². The van der Waals surface area contributed by atoms with Gasteiger partial charge in [0.1, 0.15) is 0 Å². The van der Waals surface area contributed by atoms with Crippen molar-refractivity contribution < 1.29 is 38.8 Å². The van der Waals surface area contributed by atoms with Gasteiger partial charge in [-0.2, -0.15) is 0 Å². The molecule has 0 unspecified atom stereocenters. The third-order valence-corrected chi connectivity index (χ3v) is 6.46. The maximum absolute atomic E-state index is 13.4. The Hall–Kier alpha value is -0.380. The molecule has 0 heterocycles. The standard InChI is InChI=1S/C14H9F4I2/c1-7-10(15)4-9(5-11(7)16)20-6-8-2-12(17)14(19)13(18)3-8/h2-5H,6H2,1H3/q-1. The molecular formula is C14H9F4I2-. The predicted octanol–water partition coefficient (Wildman–Crippen LogP) is 1.61. The van der Waals surface area contributed by atoms with Crippen molar-refractivity contribution >= 4 is 22.6 Å². The second kappa shape index (κ2) is 6.59. The number of alkyl halides is 1. The van der Waals surface area contributed by atoms with Gasteiger partial charge in [-0.3, -0.25) is 0 Å². The summed E-state index contributed by atoms with van der Waals surface area (Å²) in [4.78, 5) is 0. The molecule has 0 radical (unpaired) electrons. The van der Waals surface area contributed by atoms with Crippen LogP contribution < -0.4 is 21.2 Å². The first-order valence-corrected chi connectivity index (χ1v) is 9.25. The van der Waals surface area contributed by atoms with Crippen LogP contribution in [0.5, 0.6) is 0 Å². The molecule has 0 spiro atoms. The number of halogens is 6. The third kappa shape index (κ3) is 3.63. The van der Waals surface area contributed by atoms with E-state index < -0.39 is 44.5 Å². The zero-order valence-electron chi connectivity index (χ0n) is 10.3. The van der Waals surface area contributed by atoms with Gasteiger partial charge in [-0.05, 0) is 0 Å². The van der Waals surface area contributed by atoms with E-state index in [0.717, 1.165) is 0 Å². The van der Waals surface area contributed by atoms with Crippen LogP contribution >= 0.6 is 22.6 Å². The third-order valence-electron chi connectivity index (χ3n) is 2.66. The predicted molar refractivity (Wildman–Crippen MR) is 72.6 cm³/mol. The first-order chi connectivity index (χ1) is 9.38. The van der Waals surface area contributed by atoms with Crippen molar-refractivity contribution in [1.29, 1.82) is 0 Å². The summed E-state index contributed by atoms with van der Waals surface area (Å²) in [6, 6.07) is 5.13. The Morgan fingerprint density at radius 1 is 0.900 bits per heavy atom. The van der Waals surface area contributed by atoms with Gasteiger partial charge in [0, 0.05) is 0 Å². The van der Waals surface area contributed by atoms with Crippen molar-refractivity contribution in [3.05, 3.63) is 65.8 Å². The summed E-state index contributed by atoms with van der Waals surface area (Å²) < 4.78 is 54.5. The van der Waals surface area contributed by atoms with Crippen molar-refractivity contribution in [3.63, 3.8) is 0 Å². The minimum atomic E-state index is -0.749. The van der Waals surface area contributed by atoms with Crippen LogP contribution in [0.3, 0.4) is 0 Å². The Bertz CT molecular complexity index is 552. The van der Waals surface area contributed by atoms with Gasteiger partial charge >= 0.3 is 139 Å². The summed E-state index contributed by atoms with van der Waals surface area (Å²) >= 11 is 0.848. The molecule has 2 aromatic rings. The van der Waals surface area contributed by atoms with Gasteiger partial charge in [-0.15, -0.1) is 0 Å². The van der Waals surface area contributed by atoms with Crippen LogP contribution in [0, 0.1) is 37.3 Å². The Morgan fingerprint density at radius 3 is 1.90 bits per heavy atom. The Kier molecular flexibility index (Phi) is 5.27. The molecule has 2 rings (SSSR count). The van der Waals surface area contributed by atoms with Crippen LogP contribution in [0.2, 0.25) is 0 Å². The van der Waals surface area contributed by atoms with Gasteiger partial charge in [0.2, 0.25) is 0 Å². The molecule has 0 aliphatic rings. The van der Waals surface area contributed by atoms with Crippen molar-refractivity contribution in [3.8, 4) is 0 Å². The molecule has 0 saturated heterocycles. The van der Waals surface area contributed by atoms with Crippen molar-refractivity contribution in [2.45, 2.75) is 11.4 Å². The average molecular weight is 507 g/mol. The molecule has 0 fully saturated rings. The van der Waals surface area contributed by atoms with E-state index in [0.29, 0.717) is 13.6 Å². The molecule has 108 valence electrons. The fourth-order valence-corrected chi connectivity index (χ4v) is 4.15. The van der Waals surface area contributed by atoms with E-state index in [9.17, 15) is 17.6 Å².